The van der Waals surface area contributed by atoms with Gasteiger partial charge in [0.15, 0.2) is 0 Å². The molecule has 0 aliphatic carbocycles. The molecule has 3 heteroatoms. The molecule has 0 radical (unpaired) electrons. The molecule has 0 saturated carbocycles. The number of furan rings is 1. The molecular formula is C33H27NO2. The SMILES string of the molecule is Cc1oc(-c2ccccc2)c2c1[C@@H](c1ccccc1)ON(c1ccccc1)[C@H]2/C=C/c1ccccc1. The highest BCUT2D eigenvalue weighted by atomic mass is 16.7. The molecule has 1 aliphatic rings. The van der Waals surface area contributed by atoms with Crippen molar-refractivity contribution in [1.29, 1.82) is 0 Å². The number of aryl methyl sites for hydroxylation is 1. The van der Waals surface area contributed by atoms with Gasteiger partial charge in [-0.2, -0.15) is 0 Å². The fourth-order valence-electron chi connectivity index (χ4n) is 4.94. The molecule has 0 amide bonds. The average molecular weight is 470 g/mol. The number of anilines is 1. The zero-order valence-corrected chi connectivity index (χ0v) is 20.1. The van der Waals surface area contributed by atoms with E-state index in [0.29, 0.717) is 0 Å². The van der Waals surface area contributed by atoms with E-state index in [1.807, 2.05) is 48.4 Å². The summed E-state index contributed by atoms with van der Waals surface area (Å²) in [6, 6.07) is 41.2. The molecule has 0 fully saturated rings. The molecule has 0 spiro atoms. The molecule has 0 bridgehead atoms. The molecule has 5 aromatic rings. The van der Waals surface area contributed by atoms with Crippen LogP contribution in [0, 0.1) is 6.92 Å². The maximum atomic E-state index is 6.84. The van der Waals surface area contributed by atoms with Crippen LogP contribution in [-0.4, -0.2) is 0 Å². The van der Waals surface area contributed by atoms with Gasteiger partial charge in [-0.3, -0.25) is 4.84 Å². The molecule has 4 aromatic carbocycles. The predicted molar refractivity (Wildman–Crippen MR) is 145 cm³/mol. The molecule has 1 aromatic heterocycles. The van der Waals surface area contributed by atoms with Gasteiger partial charge >= 0.3 is 0 Å². The van der Waals surface area contributed by atoms with Crippen LogP contribution >= 0.6 is 0 Å². The zero-order chi connectivity index (χ0) is 24.3. The Morgan fingerprint density at radius 2 is 1.25 bits per heavy atom. The van der Waals surface area contributed by atoms with Gasteiger partial charge in [0.25, 0.3) is 0 Å². The van der Waals surface area contributed by atoms with Gasteiger partial charge in [0.1, 0.15) is 23.7 Å². The van der Waals surface area contributed by atoms with Crippen LogP contribution in [0.2, 0.25) is 0 Å². The highest BCUT2D eigenvalue weighted by Crippen LogP contribution is 2.49. The molecule has 0 saturated heterocycles. The summed E-state index contributed by atoms with van der Waals surface area (Å²) < 4.78 is 6.53. The van der Waals surface area contributed by atoms with Crippen LogP contribution in [0.4, 0.5) is 5.69 Å². The summed E-state index contributed by atoms with van der Waals surface area (Å²) in [5.41, 5.74) is 6.50. The number of para-hydroxylation sites is 1. The van der Waals surface area contributed by atoms with Crippen LogP contribution in [0.15, 0.2) is 132 Å². The lowest BCUT2D eigenvalue weighted by Gasteiger charge is -2.39. The van der Waals surface area contributed by atoms with Crippen molar-refractivity contribution in [2.24, 2.45) is 0 Å². The largest absolute Gasteiger partial charge is 0.461 e. The van der Waals surface area contributed by atoms with Crippen molar-refractivity contribution in [2.75, 3.05) is 5.06 Å². The summed E-state index contributed by atoms with van der Waals surface area (Å²) in [5.74, 6) is 1.76. The van der Waals surface area contributed by atoms with E-state index in [-0.39, 0.29) is 12.1 Å². The Bertz CT molecular complexity index is 1460. The third-order valence-corrected chi connectivity index (χ3v) is 6.62. The molecule has 2 heterocycles. The monoisotopic (exact) mass is 469 g/mol. The van der Waals surface area contributed by atoms with Crippen molar-refractivity contribution < 1.29 is 9.25 Å². The highest BCUT2D eigenvalue weighted by molar-refractivity contribution is 5.70. The second-order valence-electron chi connectivity index (χ2n) is 8.95. The van der Waals surface area contributed by atoms with Crippen LogP contribution in [0.1, 0.15) is 40.2 Å². The number of hydrogen-bond donors (Lipinski definition) is 0. The van der Waals surface area contributed by atoms with Gasteiger partial charge in [0, 0.05) is 16.7 Å². The van der Waals surface area contributed by atoms with Gasteiger partial charge in [0.05, 0.1) is 5.69 Å². The Kier molecular flexibility index (Phi) is 5.98. The van der Waals surface area contributed by atoms with Gasteiger partial charge in [-0.15, -0.1) is 0 Å². The number of fused-ring (bicyclic) bond motifs is 1. The Labute approximate surface area is 211 Å². The number of benzene rings is 4. The molecule has 6 rings (SSSR count). The summed E-state index contributed by atoms with van der Waals surface area (Å²) >= 11 is 0. The first-order chi connectivity index (χ1) is 17.8. The molecule has 0 unspecified atom stereocenters. The number of rotatable bonds is 5. The first kappa shape index (κ1) is 22.1. The van der Waals surface area contributed by atoms with Crippen molar-refractivity contribution in [2.45, 2.75) is 19.1 Å². The van der Waals surface area contributed by atoms with Crippen molar-refractivity contribution in [3.8, 4) is 11.3 Å². The maximum Gasteiger partial charge on any atom is 0.140 e. The third kappa shape index (κ3) is 4.15. The maximum absolute atomic E-state index is 6.84. The average Bonchev–Trinajstić information content (AvgIpc) is 3.30. The smallest absolute Gasteiger partial charge is 0.140 e. The normalized spacial score (nSPS) is 17.3. The van der Waals surface area contributed by atoms with E-state index in [1.54, 1.807) is 0 Å². The summed E-state index contributed by atoms with van der Waals surface area (Å²) in [4.78, 5) is 6.84. The zero-order valence-electron chi connectivity index (χ0n) is 20.1. The number of hydroxylamine groups is 1. The van der Waals surface area contributed by atoms with E-state index in [0.717, 1.165) is 45.0 Å². The Hall–Kier alpha value is -4.34. The number of nitrogens with zero attached hydrogens (tertiary/aromatic N) is 1. The van der Waals surface area contributed by atoms with E-state index >= 15 is 0 Å². The lowest BCUT2D eigenvalue weighted by molar-refractivity contribution is 0.0321. The first-order valence-corrected chi connectivity index (χ1v) is 12.3. The second-order valence-corrected chi connectivity index (χ2v) is 8.95. The van der Waals surface area contributed by atoms with E-state index < -0.39 is 0 Å². The molecule has 2 atom stereocenters. The Morgan fingerprint density at radius 3 is 1.92 bits per heavy atom. The summed E-state index contributed by atoms with van der Waals surface area (Å²) in [6.07, 6.45) is 4.08. The van der Waals surface area contributed by atoms with Crippen LogP contribution in [0.3, 0.4) is 0 Å². The van der Waals surface area contributed by atoms with Gasteiger partial charge in [-0.1, -0.05) is 121 Å². The molecule has 0 N–H and O–H groups in total. The second kappa shape index (κ2) is 9.73. The fourth-order valence-corrected chi connectivity index (χ4v) is 4.94. The molecular weight excluding hydrogens is 442 g/mol. The number of hydrogen-bond acceptors (Lipinski definition) is 3. The molecule has 1 aliphatic heterocycles. The predicted octanol–water partition coefficient (Wildman–Crippen LogP) is 8.55. The molecule has 176 valence electrons. The van der Waals surface area contributed by atoms with Crippen LogP contribution in [0.5, 0.6) is 0 Å². The summed E-state index contributed by atoms with van der Waals surface area (Å²) in [5, 5.41) is 2.03. The lowest BCUT2D eigenvalue weighted by atomic mass is 9.89. The summed E-state index contributed by atoms with van der Waals surface area (Å²) in [6.45, 7) is 2.04. The van der Waals surface area contributed by atoms with Gasteiger partial charge < -0.3 is 4.42 Å². The van der Waals surface area contributed by atoms with E-state index in [2.05, 4.69) is 97.1 Å². The first-order valence-electron chi connectivity index (χ1n) is 12.3. The minimum Gasteiger partial charge on any atom is -0.461 e. The molecule has 3 nitrogen and oxygen atoms in total. The minimum absolute atomic E-state index is 0.185. The van der Waals surface area contributed by atoms with Gasteiger partial charge in [-0.25, -0.2) is 5.06 Å². The van der Waals surface area contributed by atoms with Crippen LogP contribution in [-0.2, 0) is 4.84 Å². The van der Waals surface area contributed by atoms with Gasteiger partial charge in [-0.05, 0) is 30.2 Å². The van der Waals surface area contributed by atoms with Gasteiger partial charge in [0.2, 0.25) is 0 Å². The van der Waals surface area contributed by atoms with E-state index in [4.69, 9.17) is 9.25 Å². The Morgan fingerprint density at radius 1 is 0.667 bits per heavy atom. The minimum atomic E-state index is -0.288. The van der Waals surface area contributed by atoms with E-state index in [9.17, 15) is 0 Å². The standard InChI is InChI=1S/C33H27NO2/c1-24-30-31(32(35-24)26-16-8-3-9-17-26)29(23-22-25-14-6-2-7-15-25)34(28-20-12-5-13-21-28)36-33(30)27-18-10-4-11-19-27/h2-23,29,33H,1H3/b23-22+/t29-,33+/m0/s1. The fraction of sp³-hybridized carbons (Fsp3) is 0.0909. The topological polar surface area (TPSA) is 25.6 Å². The van der Waals surface area contributed by atoms with E-state index in [1.165, 1.54) is 0 Å². The lowest BCUT2D eigenvalue weighted by Crippen LogP contribution is -2.35. The van der Waals surface area contributed by atoms with Crippen molar-refractivity contribution >= 4 is 11.8 Å². The van der Waals surface area contributed by atoms with Crippen LogP contribution < -0.4 is 5.06 Å². The third-order valence-electron chi connectivity index (χ3n) is 6.62. The van der Waals surface area contributed by atoms with Crippen LogP contribution in [0.25, 0.3) is 17.4 Å². The van der Waals surface area contributed by atoms with Crippen molar-refractivity contribution in [3.05, 3.63) is 155 Å². The quantitative estimate of drug-likeness (QED) is 0.258. The molecule has 36 heavy (non-hydrogen) atoms. The summed E-state index contributed by atoms with van der Waals surface area (Å²) in [7, 11) is 0. The van der Waals surface area contributed by atoms with Crippen molar-refractivity contribution in [3.63, 3.8) is 0 Å². The highest BCUT2D eigenvalue weighted by Gasteiger charge is 2.40. The van der Waals surface area contributed by atoms with Crippen molar-refractivity contribution in [1.82, 2.24) is 0 Å². The Balaban J connectivity index is 1.59.